The normalized spacial score (nSPS) is 16.2. The van der Waals surface area contributed by atoms with Crippen LogP contribution in [0, 0.1) is 5.82 Å². The first-order valence-corrected chi connectivity index (χ1v) is 10.4. The van der Waals surface area contributed by atoms with Crippen molar-refractivity contribution < 1.29 is 17.6 Å². The van der Waals surface area contributed by atoms with E-state index in [0.717, 1.165) is 31.9 Å². The van der Waals surface area contributed by atoms with Crippen LogP contribution >= 0.6 is 0 Å². The molecule has 27 heavy (non-hydrogen) atoms. The number of carbonyl (C=O) groups is 1. The SMILES string of the molecule is C[C@H](NC(=O)c1cccc(S(=O)(=O)NC2CCCC2)c1)c1cncc(F)c1. The van der Waals surface area contributed by atoms with Crippen molar-refractivity contribution in [1.82, 2.24) is 15.0 Å². The Balaban J connectivity index is 1.73. The first-order chi connectivity index (χ1) is 12.8. The van der Waals surface area contributed by atoms with Crippen molar-refractivity contribution in [3.63, 3.8) is 0 Å². The van der Waals surface area contributed by atoms with Gasteiger partial charge in [-0.3, -0.25) is 9.78 Å². The Morgan fingerprint density at radius 1 is 1.22 bits per heavy atom. The van der Waals surface area contributed by atoms with E-state index in [2.05, 4.69) is 15.0 Å². The highest BCUT2D eigenvalue weighted by Crippen LogP contribution is 2.21. The lowest BCUT2D eigenvalue weighted by atomic mass is 10.1. The Morgan fingerprint density at radius 2 is 1.96 bits per heavy atom. The maximum absolute atomic E-state index is 13.3. The Kier molecular flexibility index (Phi) is 5.86. The molecule has 1 aliphatic rings. The van der Waals surface area contributed by atoms with Crippen molar-refractivity contribution in [2.75, 3.05) is 0 Å². The van der Waals surface area contributed by atoms with Gasteiger partial charge in [-0.2, -0.15) is 0 Å². The standard InChI is InChI=1S/C19H22FN3O3S/c1-13(15-9-16(20)12-21-11-15)22-19(24)14-5-4-8-18(10-14)27(25,26)23-17-6-2-3-7-17/h4-5,8-13,17,23H,2-3,6-7H2,1H3,(H,22,24)/t13-/m0/s1. The molecule has 1 fully saturated rings. The van der Waals surface area contributed by atoms with Gasteiger partial charge in [0.1, 0.15) is 5.82 Å². The maximum Gasteiger partial charge on any atom is 0.251 e. The van der Waals surface area contributed by atoms with E-state index >= 15 is 0 Å². The molecular formula is C19H22FN3O3S. The smallest absolute Gasteiger partial charge is 0.251 e. The van der Waals surface area contributed by atoms with Gasteiger partial charge >= 0.3 is 0 Å². The number of halogens is 1. The molecule has 0 bridgehead atoms. The molecule has 8 heteroatoms. The second-order valence-corrected chi connectivity index (χ2v) is 8.48. The van der Waals surface area contributed by atoms with Crippen molar-refractivity contribution in [3.8, 4) is 0 Å². The van der Waals surface area contributed by atoms with Crippen LogP contribution in [0.1, 0.15) is 54.6 Å². The summed E-state index contributed by atoms with van der Waals surface area (Å²) in [6.45, 7) is 1.70. The van der Waals surface area contributed by atoms with E-state index in [1.54, 1.807) is 13.0 Å². The van der Waals surface area contributed by atoms with Crippen LogP contribution < -0.4 is 10.0 Å². The molecule has 0 aliphatic heterocycles. The van der Waals surface area contributed by atoms with E-state index in [0.29, 0.717) is 5.56 Å². The largest absolute Gasteiger partial charge is 0.345 e. The fraction of sp³-hybridized carbons (Fsp3) is 0.368. The van der Waals surface area contributed by atoms with Gasteiger partial charge in [0, 0.05) is 17.8 Å². The number of pyridine rings is 1. The average Bonchev–Trinajstić information content (AvgIpc) is 3.14. The second-order valence-electron chi connectivity index (χ2n) is 6.76. The van der Waals surface area contributed by atoms with Crippen molar-refractivity contribution >= 4 is 15.9 Å². The summed E-state index contributed by atoms with van der Waals surface area (Å²) in [5.74, 6) is -0.927. The molecule has 2 N–H and O–H groups in total. The highest BCUT2D eigenvalue weighted by molar-refractivity contribution is 7.89. The van der Waals surface area contributed by atoms with Gasteiger partial charge in [0.2, 0.25) is 10.0 Å². The molecule has 2 aromatic rings. The van der Waals surface area contributed by atoms with E-state index < -0.39 is 27.8 Å². The predicted octanol–water partition coefficient (Wildman–Crippen LogP) is 2.93. The van der Waals surface area contributed by atoms with Crippen molar-refractivity contribution in [3.05, 3.63) is 59.7 Å². The van der Waals surface area contributed by atoms with E-state index in [1.807, 2.05) is 0 Å². The van der Waals surface area contributed by atoms with Gasteiger partial charge in [0.15, 0.2) is 0 Å². The number of amides is 1. The molecular weight excluding hydrogens is 369 g/mol. The quantitative estimate of drug-likeness (QED) is 0.792. The van der Waals surface area contributed by atoms with Crippen LogP contribution in [0.25, 0.3) is 0 Å². The number of nitrogens with zero attached hydrogens (tertiary/aromatic N) is 1. The molecule has 1 saturated carbocycles. The summed E-state index contributed by atoms with van der Waals surface area (Å²) in [6, 6.07) is 6.67. The summed E-state index contributed by atoms with van der Waals surface area (Å²) in [6.07, 6.45) is 6.26. The number of hydrogen-bond donors (Lipinski definition) is 2. The van der Waals surface area contributed by atoms with Gasteiger partial charge in [-0.1, -0.05) is 18.9 Å². The lowest BCUT2D eigenvalue weighted by molar-refractivity contribution is 0.0939. The monoisotopic (exact) mass is 391 g/mol. The Labute approximate surface area is 158 Å². The topological polar surface area (TPSA) is 88.2 Å². The molecule has 3 rings (SSSR count). The summed E-state index contributed by atoms with van der Waals surface area (Å²) in [4.78, 5) is 16.3. The van der Waals surface area contributed by atoms with Crippen LogP contribution in [-0.2, 0) is 10.0 Å². The Bertz CT molecular complexity index is 927. The first-order valence-electron chi connectivity index (χ1n) is 8.89. The molecule has 144 valence electrons. The van der Waals surface area contributed by atoms with Gasteiger partial charge in [0.05, 0.1) is 17.1 Å². The summed E-state index contributed by atoms with van der Waals surface area (Å²) >= 11 is 0. The van der Waals surface area contributed by atoms with Gasteiger partial charge < -0.3 is 5.32 Å². The van der Waals surface area contributed by atoms with E-state index in [4.69, 9.17) is 0 Å². The fourth-order valence-corrected chi connectivity index (χ4v) is 4.51. The third kappa shape index (κ3) is 4.90. The molecule has 1 heterocycles. The lowest BCUT2D eigenvalue weighted by Crippen LogP contribution is -2.33. The number of carbonyl (C=O) groups excluding carboxylic acids is 1. The molecule has 1 aliphatic carbocycles. The predicted molar refractivity (Wildman–Crippen MR) is 99.1 cm³/mol. The zero-order valence-electron chi connectivity index (χ0n) is 15.0. The van der Waals surface area contributed by atoms with Gasteiger partial charge in [-0.05, 0) is 49.6 Å². The molecule has 1 aromatic carbocycles. The van der Waals surface area contributed by atoms with Crippen LogP contribution in [0.2, 0.25) is 0 Å². The molecule has 1 amide bonds. The zero-order chi connectivity index (χ0) is 19.4. The molecule has 0 spiro atoms. The van der Waals surface area contributed by atoms with Crippen LogP contribution in [0.4, 0.5) is 4.39 Å². The van der Waals surface area contributed by atoms with Gasteiger partial charge in [-0.25, -0.2) is 17.5 Å². The van der Waals surface area contributed by atoms with Crippen molar-refractivity contribution in [2.24, 2.45) is 0 Å². The van der Waals surface area contributed by atoms with Gasteiger partial charge in [-0.15, -0.1) is 0 Å². The second kappa shape index (κ2) is 8.14. The number of aromatic nitrogens is 1. The zero-order valence-corrected chi connectivity index (χ0v) is 15.8. The minimum Gasteiger partial charge on any atom is -0.345 e. The molecule has 0 saturated heterocycles. The lowest BCUT2D eigenvalue weighted by Gasteiger charge is -2.15. The number of sulfonamides is 1. The van der Waals surface area contributed by atoms with E-state index in [9.17, 15) is 17.6 Å². The minimum absolute atomic E-state index is 0.0482. The average molecular weight is 391 g/mol. The number of nitrogens with one attached hydrogen (secondary N) is 2. The van der Waals surface area contributed by atoms with E-state index in [-0.39, 0.29) is 16.5 Å². The molecule has 0 radical (unpaired) electrons. The molecule has 1 aromatic heterocycles. The highest BCUT2D eigenvalue weighted by atomic mass is 32.2. The van der Waals surface area contributed by atoms with Crippen molar-refractivity contribution in [2.45, 2.75) is 49.6 Å². The maximum atomic E-state index is 13.3. The summed E-state index contributed by atoms with van der Waals surface area (Å²) in [7, 11) is -3.68. The summed E-state index contributed by atoms with van der Waals surface area (Å²) < 4.78 is 41.1. The Hall–Kier alpha value is -2.32. The summed E-state index contributed by atoms with van der Waals surface area (Å²) in [5, 5.41) is 2.73. The highest BCUT2D eigenvalue weighted by Gasteiger charge is 2.23. The number of hydrogen-bond acceptors (Lipinski definition) is 4. The van der Waals surface area contributed by atoms with Crippen molar-refractivity contribution in [1.29, 1.82) is 0 Å². The fourth-order valence-electron chi connectivity index (χ4n) is 3.16. The van der Waals surface area contributed by atoms with E-state index in [1.165, 1.54) is 30.5 Å². The third-order valence-corrected chi connectivity index (χ3v) is 6.18. The van der Waals surface area contributed by atoms with Crippen LogP contribution in [0.15, 0.2) is 47.6 Å². The third-order valence-electron chi connectivity index (χ3n) is 4.66. The number of benzene rings is 1. The molecule has 1 atom stereocenters. The Morgan fingerprint density at radius 3 is 2.67 bits per heavy atom. The first kappa shape index (κ1) is 19.4. The van der Waals surface area contributed by atoms with Crippen LogP contribution in [0.5, 0.6) is 0 Å². The minimum atomic E-state index is -3.68. The van der Waals surface area contributed by atoms with Gasteiger partial charge in [0.25, 0.3) is 5.91 Å². The number of rotatable bonds is 6. The van der Waals surface area contributed by atoms with Crippen LogP contribution in [-0.4, -0.2) is 25.4 Å². The summed E-state index contributed by atoms with van der Waals surface area (Å²) in [5.41, 5.74) is 0.746. The molecule has 0 unspecified atom stereocenters. The van der Waals surface area contributed by atoms with Crippen LogP contribution in [0.3, 0.4) is 0 Å². The molecule has 6 nitrogen and oxygen atoms in total.